The summed E-state index contributed by atoms with van der Waals surface area (Å²) in [5.41, 5.74) is 8.44. The molecule has 152 valence electrons. The van der Waals surface area contributed by atoms with E-state index in [1.54, 1.807) is 0 Å². The lowest BCUT2D eigenvalue weighted by Gasteiger charge is -2.35. The number of fused-ring (bicyclic) bond motifs is 1. The lowest BCUT2D eigenvalue weighted by atomic mass is 9.93. The van der Waals surface area contributed by atoms with Crippen LogP contribution in [0.5, 0.6) is 0 Å². The number of aromatic nitrogens is 2. The first-order valence-corrected chi connectivity index (χ1v) is 9.95. The minimum atomic E-state index is -0.485. The number of carbonyl (C=O) groups is 1. The first-order chi connectivity index (χ1) is 13.0. The van der Waals surface area contributed by atoms with Gasteiger partial charge in [-0.1, -0.05) is 56.1 Å². The van der Waals surface area contributed by atoms with Gasteiger partial charge < -0.3 is 15.2 Å². The molecule has 2 heterocycles. The van der Waals surface area contributed by atoms with Crippen molar-refractivity contribution in [3.8, 4) is 0 Å². The Hall–Kier alpha value is -1.92. The van der Waals surface area contributed by atoms with E-state index in [1.807, 2.05) is 17.0 Å². The van der Waals surface area contributed by atoms with Gasteiger partial charge in [-0.25, -0.2) is 0 Å². The maximum Gasteiger partial charge on any atom is 0.249 e. The number of amides is 1. The van der Waals surface area contributed by atoms with Crippen molar-refractivity contribution in [1.82, 2.24) is 15.0 Å². The Labute approximate surface area is 172 Å². The molecular weight excluding hydrogens is 376 g/mol. The summed E-state index contributed by atoms with van der Waals surface area (Å²) < 4.78 is 5.65. The van der Waals surface area contributed by atoms with E-state index in [4.69, 9.17) is 10.3 Å². The van der Waals surface area contributed by atoms with E-state index < -0.39 is 5.54 Å². The fourth-order valence-electron chi connectivity index (χ4n) is 4.27. The van der Waals surface area contributed by atoms with Crippen molar-refractivity contribution in [2.24, 2.45) is 11.7 Å². The summed E-state index contributed by atoms with van der Waals surface area (Å²) in [6.07, 6.45) is 5.16. The van der Waals surface area contributed by atoms with E-state index in [2.05, 4.69) is 36.1 Å². The highest BCUT2D eigenvalue weighted by Crippen LogP contribution is 2.37. The van der Waals surface area contributed by atoms with E-state index in [-0.39, 0.29) is 24.4 Å². The molecule has 2 aromatic rings. The summed E-state index contributed by atoms with van der Waals surface area (Å²) in [5, 5.41) is 4.21. The van der Waals surface area contributed by atoms with Crippen LogP contribution in [0.4, 0.5) is 0 Å². The predicted molar refractivity (Wildman–Crippen MR) is 109 cm³/mol. The molecular formula is C21H29ClN4O2. The van der Waals surface area contributed by atoms with Gasteiger partial charge in [-0.15, -0.1) is 12.4 Å². The lowest BCUT2D eigenvalue weighted by molar-refractivity contribution is -0.136. The molecule has 28 heavy (non-hydrogen) atoms. The highest BCUT2D eigenvalue weighted by Gasteiger charge is 2.39. The average molecular weight is 405 g/mol. The molecule has 1 aliphatic carbocycles. The largest absolute Gasteiger partial charge is 0.337 e. The van der Waals surface area contributed by atoms with Crippen LogP contribution < -0.4 is 5.73 Å². The van der Waals surface area contributed by atoms with Gasteiger partial charge in [0.1, 0.15) is 6.04 Å². The maximum atomic E-state index is 12.9. The molecule has 1 aromatic carbocycles. The number of rotatable bonds is 4. The Kier molecular flexibility index (Phi) is 6.10. The first kappa shape index (κ1) is 20.8. The van der Waals surface area contributed by atoms with Crippen LogP contribution in [0.25, 0.3) is 0 Å². The van der Waals surface area contributed by atoms with Crippen molar-refractivity contribution < 1.29 is 9.32 Å². The van der Waals surface area contributed by atoms with Crippen molar-refractivity contribution in [3.63, 3.8) is 0 Å². The second-order valence-electron chi connectivity index (χ2n) is 8.43. The Balaban J connectivity index is 0.00000225. The van der Waals surface area contributed by atoms with E-state index in [0.717, 1.165) is 25.7 Å². The molecule has 2 N–H and O–H groups in total. The highest BCUT2D eigenvalue weighted by molar-refractivity contribution is 5.85. The zero-order valence-electron chi connectivity index (χ0n) is 16.6. The lowest BCUT2D eigenvalue weighted by Crippen LogP contribution is -2.39. The molecule has 1 atom stereocenters. The highest BCUT2D eigenvalue weighted by atomic mass is 35.5. The third-order valence-electron chi connectivity index (χ3n) is 5.82. The van der Waals surface area contributed by atoms with Gasteiger partial charge in [-0.3, -0.25) is 4.79 Å². The van der Waals surface area contributed by atoms with Crippen LogP contribution in [0.3, 0.4) is 0 Å². The molecule has 0 spiro atoms. The molecule has 0 radical (unpaired) electrons. The summed E-state index contributed by atoms with van der Waals surface area (Å²) in [7, 11) is 0. The molecule has 0 bridgehead atoms. The van der Waals surface area contributed by atoms with Crippen LogP contribution in [0.15, 0.2) is 28.8 Å². The number of carbonyl (C=O) groups excluding carboxylic acids is 1. The maximum absolute atomic E-state index is 12.9. The number of halogens is 1. The summed E-state index contributed by atoms with van der Waals surface area (Å²) in [4.78, 5) is 19.5. The predicted octanol–water partition coefficient (Wildman–Crippen LogP) is 3.89. The molecule has 1 unspecified atom stereocenters. The first-order valence-electron chi connectivity index (χ1n) is 9.95. The Morgan fingerprint density at radius 2 is 1.96 bits per heavy atom. The molecule has 1 amide bonds. The molecule has 1 fully saturated rings. The van der Waals surface area contributed by atoms with Gasteiger partial charge in [0.15, 0.2) is 5.82 Å². The monoisotopic (exact) mass is 404 g/mol. The number of hydrogen-bond donors (Lipinski definition) is 1. The van der Waals surface area contributed by atoms with E-state index in [9.17, 15) is 4.79 Å². The van der Waals surface area contributed by atoms with Gasteiger partial charge in [0.2, 0.25) is 11.8 Å². The molecule has 1 aromatic heterocycles. The number of nitrogens with zero attached hydrogens (tertiary/aromatic N) is 3. The minimum Gasteiger partial charge on any atom is -0.337 e. The zero-order chi connectivity index (χ0) is 19.0. The molecule has 0 saturated heterocycles. The van der Waals surface area contributed by atoms with E-state index in [0.29, 0.717) is 37.0 Å². The van der Waals surface area contributed by atoms with Crippen LogP contribution >= 0.6 is 12.4 Å². The van der Waals surface area contributed by atoms with Crippen LogP contribution in [0, 0.1) is 5.92 Å². The van der Waals surface area contributed by atoms with Crippen molar-refractivity contribution >= 4 is 18.3 Å². The molecule has 2 aliphatic rings. The molecule has 1 aliphatic heterocycles. The Bertz CT molecular complexity index is 829. The SMILES string of the molecule is CC(C)CC(=O)N1Cc2ccccc2CC1c1nc(C2(N)CCCC2)no1.Cl. The van der Waals surface area contributed by atoms with Crippen molar-refractivity contribution in [2.45, 2.75) is 70.5 Å². The zero-order valence-corrected chi connectivity index (χ0v) is 17.4. The van der Waals surface area contributed by atoms with Crippen LogP contribution in [-0.4, -0.2) is 20.9 Å². The van der Waals surface area contributed by atoms with Crippen LogP contribution in [0.1, 0.15) is 74.8 Å². The van der Waals surface area contributed by atoms with Gasteiger partial charge in [0.25, 0.3) is 0 Å². The fraction of sp³-hybridized carbons (Fsp3) is 0.571. The summed E-state index contributed by atoms with van der Waals surface area (Å²) >= 11 is 0. The quantitative estimate of drug-likeness (QED) is 0.835. The second kappa shape index (κ2) is 8.21. The van der Waals surface area contributed by atoms with Crippen molar-refractivity contribution in [1.29, 1.82) is 0 Å². The summed E-state index contributed by atoms with van der Waals surface area (Å²) in [6, 6.07) is 8.04. The number of hydrogen-bond acceptors (Lipinski definition) is 5. The Morgan fingerprint density at radius 3 is 2.64 bits per heavy atom. The van der Waals surface area contributed by atoms with E-state index >= 15 is 0 Å². The van der Waals surface area contributed by atoms with Gasteiger partial charge in [-0.2, -0.15) is 4.98 Å². The normalized spacial score (nSPS) is 20.7. The van der Waals surface area contributed by atoms with Crippen molar-refractivity contribution in [2.75, 3.05) is 0 Å². The van der Waals surface area contributed by atoms with Gasteiger partial charge in [-0.05, 0) is 29.9 Å². The smallest absolute Gasteiger partial charge is 0.249 e. The third kappa shape index (κ3) is 3.94. The van der Waals surface area contributed by atoms with Gasteiger partial charge in [0.05, 0.1) is 5.54 Å². The molecule has 1 saturated carbocycles. The standard InChI is InChI=1S/C21H28N4O2.ClH/c1-14(2)11-18(26)25-13-16-8-4-3-7-15(16)12-17(25)19-23-20(24-27-19)21(22)9-5-6-10-21;/h3-4,7-8,14,17H,5-6,9-13,22H2,1-2H3;1H. The third-order valence-corrected chi connectivity index (χ3v) is 5.82. The number of nitrogens with two attached hydrogens (primary N) is 1. The topological polar surface area (TPSA) is 85.2 Å². The van der Waals surface area contributed by atoms with Crippen LogP contribution in [0.2, 0.25) is 0 Å². The molecule has 7 heteroatoms. The second-order valence-corrected chi connectivity index (χ2v) is 8.43. The van der Waals surface area contributed by atoms with Gasteiger partial charge >= 0.3 is 0 Å². The molecule has 4 rings (SSSR count). The molecule has 6 nitrogen and oxygen atoms in total. The van der Waals surface area contributed by atoms with Crippen molar-refractivity contribution in [3.05, 3.63) is 47.1 Å². The van der Waals surface area contributed by atoms with Gasteiger partial charge in [0, 0.05) is 19.4 Å². The Morgan fingerprint density at radius 1 is 1.29 bits per heavy atom. The minimum absolute atomic E-state index is 0. The van der Waals surface area contributed by atoms with Crippen LogP contribution in [-0.2, 0) is 23.3 Å². The number of benzene rings is 1. The van der Waals surface area contributed by atoms with E-state index in [1.165, 1.54) is 11.1 Å². The fourth-order valence-corrected chi connectivity index (χ4v) is 4.27. The summed E-state index contributed by atoms with van der Waals surface area (Å²) in [5.74, 6) is 1.53. The average Bonchev–Trinajstić information content (AvgIpc) is 3.30. The summed E-state index contributed by atoms with van der Waals surface area (Å²) in [6.45, 7) is 4.71.